The highest BCUT2D eigenvalue weighted by Gasteiger charge is 2.25. The Labute approximate surface area is 143 Å². The molecule has 0 aliphatic carbocycles. The molecule has 1 fully saturated rings. The third-order valence-corrected chi connectivity index (χ3v) is 4.85. The van der Waals surface area contributed by atoms with Gasteiger partial charge in [-0.25, -0.2) is 0 Å². The van der Waals surface area contributed by atoms with Crippen LogP contribution in [-0.2, 0) is 11.2 Å². The van der Waals surface area contributed by atoms with Crippen molar-refractivity contribution in [3.8, 4) is 0 Å². The molecule has 0 aromatic heterocycles. The molecule has 1 unspecified atom stereocenters. The fourth-order valence-corrected chi connectivity index (χ4v) is 3.36. The van der Waals surface area contributed by atoms with E-state index in [-0.39, 0.29) is 5.91 Å². The second kappa shape index (κ2) is 8.19. The summed E-state index contributed by atoms with van der Waals surface area (Å²) in [5, 5.41) is 1.03. The van der Waals surface area contributed by atoms with Gasteiger partial charge in [0.05, 0.1) is 16.5 Å². The molecule has 1 aliphatic heterocycles. The zero-order valence-corrected chi connectivity index (χ0v) is 14.8. The predicted molar refractivity (Wildman–Crippen MR) is 92.7 cm³/mol. The Kier molecular flexibility index (Phi) is 6.54. The van der Waals surface area contributed by atoms with Crippen LogP contribution in [-0.4, -0.2) is 48.9 Å². The maximum atomic E-state index is 12.7. The van der Waals surface area contributed by atoms with Gasteiger partial charge in [-0.2, -0.15) is 0 Å². The number of rotatable bonds is 4. The highest BCUT2D eigenvalue weighted by Crippen LogP contribution is 2.24. The number of halogens is 2. The zero-order chi connectivity index (χ0) is 16.1. The number of likely N-dealkylation sites (tertiary alicyclic amines) is 1. The molecular formula is C17H24Cl2N2O. The van der Waals surface area contributed by atoms with Crippen LogP contribution in [0.2, 0.25) is 10.0 Å². The van der Waals surface area contributed by atoms with Crippen molar-refractivity contribution in [2.75, 3.05) is 27.2 Å². The Hall–Kier alpha value is -0.770. The maximum Gasteiger partial charge on any atom is 0.227 e. The summed E-state index contributed by atoms with van der Waals surface area (Å²) >= 11 is 12.0. The summed E-state index contributed by atoms with van der Waals surface area (Å²) in [6, 6.07) is 5.74. The van der Waals surface area contributed by atoms with Crippen molar-refractivity contribution in [3.05, 3.63) is 33.8 Å². The molecule has 1 amide bonds. The van der Waals surface area contributed by atoms with Crippen molar-refractivity contribution in [1.82, 2.24) is 9.80 Å². The molecule has 0 radical (unpaired) electrons. The molecule has 3 nitrogen and oxygen atoms in total. The summed E-state index contributed by atoms with van der Waals surface area (Å²) in [5.74, 6) is 0.187. The van der Waals surface area contributed by atoms with Crippen molar-refractivity contribution in [1.29, 1.82) is 0 Å². The molecule has 0 N–H and O–H groups in total. The molecule has 1 heterocycles. The van der Waals surface area contributed by atoms with Crippen LogP contribution in [0.15, 0.2) is 18.2 Å². The lowest BCUT2D eigenvalue weighted by Gasteiger charge is -2.32. The van der Waals surface area contributed by atoms with E-state index in [4.69, 9.17) is 23.2 Å². The number of benzene rings is 1. The summed E-state index contributed by atoms with van der Waals surface area (Å²) in [5.41, 5.74) is 0.923. The van der Waals surface area contributed by atoms with Gasteiger partial charge in [-0.3, -0.25) is 4.79 Å². The minimum atomic E-state index is 0.187. The molecule has 122 valence electrons. The van der Waals surface area contributed by atoms with Gasteiger partial charge in [0.15, 0.2) is 0 Å². The van der Waals surface area contributed by atoms with E-state index in [1.165, 1.54) is 12.8 Å². The minimum absolute atomic E-state index is 0.187. The average Bonchev–Trinajstić information content (AvgIpc) is 2.68. The largest absolute Gasteiger partial charge is 0.338 e. The number of hydrogen-bond acceptors (Lipinski definition) is 2. The molecule has 0 bridgehead atoms. The van der Waals surface area contributed by atoms with Gasteiger partial charge in [0.25, 0.3) is 0 Å². The monoisotopic (exact) mass is 342 g/mol. The maximum absolute atomic E-state index is 12.7. The number of amides is 1. The summed E-state index contributed by atoms with van der Waals surface area (Å²) in [7, 11) is 4.12. The smallest absolute Gasteiger partial charge is 0.227 e. The van der Waals surface area contributed by atoms with Gasteiger partial charge < -0.3 is 9.80 Å². The lowest BCUT2D eigenvalue weighted by Crippen LogP contribution is -2.45. The SMILES string of the molecule is CN(C)CC1CCCCCN1C(=O)Cc1ccc(Cl)c(Cl)c1. The third-order valence-electron chi connectivity index (χ3n) is 4.11. The first kappa shape index (κ1) is 17.6. The van der Waals surface area contributed by atoms with Crippen molar-refractivity contribution in [3.63, 3.8) is 0 Å². The van der Waals surface area contributed by atoms with E-state index < -0.39 is 0 Å². The first-order valence-electron chi connectivity index (χ1n) is 7.85. The number of carbonyl (C=O) groups excluding carboxylic acids is 1. The van der Waals surface area contributed by atoms with Gasteiger partial charge >= 0.3 is 0 Å². The normalized spacial score (nSPS) is 19.3. The van der Waals surface area contributed by atoms with Gasteiger partial charge in [-0.05, 0) is 44.6 Å². The summed E-state index contributed by atoms with van der Waals surface area (Å²) < 4.78 is 0. The van der Waals surface area contributed by atoms with Gasteiger partial charge in [0.2, 0.25) is 5.91 Å². The highest BCUT2D eigenvalue weighted by molar-refractivity contribution is 6.42. The molecule has 1 aliphatic rings. The van der Waals surface area contributed by atoms with E-state index in [1.807, 2.05) is 6.07 Å². The molecule has 0 saturated carbocycles. The molecule has 0 spiro atoms. The van der Waals surface area contributed by atoms with Crippen molar-refractivity contribution in [2.24, 2.45) is 0 Å². The Morgan fingerprint density at radius 1 is 1.23 bits per heavy atom. The van der Waals surface area contributed by atoms with E-state index >= 15 is 0 Å². The highest BCUT2D eigenvalue weighted by atomic mass is 35.5. The molecule has 1 aromatic carbocycles. The zero-order valence-electron chi connectivity index (χ0n) is 13.3. The second-order valence-electron chi connectivity index (χ2n) is 6.28. The van der Waals surface area contributed by atoms with Gasteiger partial charge in [0.1, 0.15) is 0 Å². The van der Waals surface area contributed by atoms with Crippen LogP contribution in [0.1, 0.15) is 31.2 Å². The first-order valence-corrected chi connectivity index (χ1v) is 8.61. The van der Waals surface area contributed by atoms with E-state index in [0.29, 0.717) is 22.5 Å². The van der Waals surface area contributed by atoms with E-state index in [9.17, 15) is 4.79 Å². The van der Waals surface area contributed by atoms with Crippen LogP contribution in [0, 0.1) is 0 Å². The molecule has 22 heavy (non-hydrogen) atoms. The molecule has 5 heteroatoms. The Balaban J connectivity index is 2.08. The lowest BCUT2D eigenvalue weighted by molar-refractivity contribution is -0.133. The number of hydrogen-bond donors (Lipinski definition) is 0. The van der Waals surface area contributed by atoms with Gasteiger partial charge in [-0.15, -0.1) is 0 Å². The van der Waals surface area contributed by atoms with E-state index in [2.05, 4.69) is 23.9 Å². The average molecular weight is 343 g/mol. The van der Waals surface area contributed by atoms with Crippen LogP contribution < -0.4 is 0 Å². The Bertz CT molecular complexity index is 519. The van der Waals surface area contributed by atoms with Crippen LogP contribution in [0.4, 0.5) is 0 Å². The molecule has 1 atom stereocenters. The van der Waals surface area contributed by atoms with Crippen LogP contribution in [0.25, 0.3) is 0 Å². The molecule has 1 saturated heterocycles. The fourth-order valence-electron chi connectivity index (χ4n) is 3.04. The van der Waals surface area contributed by atoms with Gasteiger partial charge in [0, 0.05) is 19.1 Å². The fraction of sp³-hybridized carbons (Fsp3) is 0.588. The molecule has 1 aromatic rings. The van der Waals surface area contributed by atoms with Crippen LogP contribution >= 0.6 is 23.2 Å². The molecular weight excluding hydrogens is 319 g/mol. The van der Waals surface area contributed by atoms with Crippen LogP contribution in [0.3, 0.4) is 0 Å². The first-order chi connectivity index (χ1) is 10.5. The van der Waals surface area contributed by atoms with Crippen molar-refractivity contribution >= 4 is 29.1 Å². The van der Waals surface area contributed by atoms with Crippen molar-refractivity contribution < 1.29 is 4.79 Å². The number of carbonyl (C=O) groups is 1. The summed E-state index contributed by atoms with van der Waals surface area (Å²) in [6.07, 6.45) is 4.98. The Morgan fingerprint density at radius 2 is 2.00 bits per heavy atom. The van der Waals surface area contributed by atoms with Crippen LogP contribution in [0.5, 0.6) is 0 Å². The standard InChI is InChI=1S/C17H24Cl2N2O/c1-20(2)12-14-6-4-3-5-9-21(14)17(22)11-13-7-8-15(18)16(19)10-13/h7-8,10,14H,3-6,9,11-12H2,1-2H3. The second-order valence-corrected chi connectivity index (χ2v) is 7.09. The van der Waals surface area contributed by atoms with E-state index in [1.54, 1.807) is 12.1 Å². The topological polar surface area (TPSA) is 23.6 Å². The number of likely N-dealkylation sites (N-methyl/N-ethyl adjacent to an activating group) is 1. The predicted octanol–water partition coefficient (Wildman–Crippen LogP) is 3.87. The van der Waals surface area contributed by atoms with E-state index in [0.717, 1.165) is 31.5 Å². The summed E-state index contributed by atoms with van der Waals surface area (Å²) in [4.78, 5) is 17.0. The van der Waals surface area contributed by atoms with Crippen molar-refractivity contribution in [2.45, 2.75) is 38.1 Å². The quantitative estimate of drug-likeness (QED) is 0.829. The summed E-state index contributed by atoms with van der Waals surface area (Å²) in [6.45, 7) is 1.78. The minimum Gasteiger partial charge on any atom is -0.338 e. The van der Waals surface area contributed by atoms with Gasteiger partial charge in [-0.1, -0.05) is 42.1 Å². The lowest BCUT2D eigenvalue weighted by atomic mass is 10.1. The Morgan fingerprint density at radius 3 is 2.68 bits per heavy atom. The third kappa shape index (κ3) is 4.87. The molecule has 2 rings (SSSR count). The number of nitrogens with zero attached hydrogens (tertiary/aromatic N) is 2.